The van der Waals surface area contributed by atoms with Crippen molar-refractivity contribution in [3.05, 3.63) is 65.0 Å². The first kappa shape index (κ1) is 15.9. The van der Waals surface area contributed by atoms with Gasteiger partial charge < -0.3 is 4.84 Å². The summed E-state index contributed by atoms with van der Waals surface area (Å²) in [5.74, 6) is -2.16. The van der Waals surface area contributed by atoms with Gasteiger partial charge in [-0.25, -0.2) is 9.78 Å². The number of hydrogen-bond donors (Lipinski definition) is 0. The van der Waals surface area contributed by atoms with Crippen molar-refractivity contribution in [2.75, 3.05) is 0 Å². The Labute approximate surface area is 139 Å². The highest BCUT2D eigenvalue weighted by Crippen LogP contribution is 2.24. The number of imide groups is 1. The maximum atomic E-state index is 12.3. The zero-order valence-corrected chi connectivity index (χ0v) is 13.6. The molecule has 3 rings (SSSR count). The number of amides is 2. The number of fused-ring (bicyclic) bond motifs is 1. The Morgan fingerprint density at radius 1 is 0.958 bits per heavy atom. The molecule has 2 amide bonds. The van der Waals surface area contributed by atoms with Crippen LogP contribution in [0.1, 0.15) is 57.7 Å². The lowest BCUT2D eigenvalue weighted by Gasteiger charge is -2.18. The summed E-state index contributed by atoms with van der Waals surface area (Å²) < 4.78 is 0. The van der Waals surface area contributed by atoms with Crippen LogP contribution in [0.2, 0.25) is 0 Å². The Morgan fingerprint density at radius 2 is 1.54 bits per heavy atom. The van der Waals surface area contributed by atoms with Crippen molar-refractivity contribution in [1.29, 1.82) is 0 Å². The number of hydroxylamine groups is 2. The molecule has 1 aliphatic rings. The molecule has 0 unspecified atom stereocenters. The maximum Gasteiger partial charge on any atom is 0.382 e. The number of carbonyl (C=O) groups is 3. The second-order valence-electron chi connectivity index (χ2n) is 6.49. The van der Waals surface area contributed by atoms with Gasteiger partial charge in [0.05, 0.1) is 11.1 Å². The lowest BCUT2D eigenvalue weighted by molar-refractivity contribution is -0.0588. The first-order valence-corrected chi connectivity index (χ1v) is 7.46. The molecular formula is C18H16N2O4. The Bertz CT molecular complexity index is 817. The lowest BCUT2D eigenvalue weighted by Crippen LogP contribution is -2.33. The van der Waals surface area contributed by atoms with Gasteiger partial charge in [0.1, 0.15) is 0 Å². The Morgan fingerprint density at radius 3 is 2.08 bits per heavy atom. The Balaban J connectivity index is 1.84. The minimum Gasteiger partial charge on any atom is -0.323 e. The summed E-state index contributed by atoms with van der Waals surface area (Å²) in [6, 6.07) is 11.3. The molecular weight excluding hydrogens is 308 g/mol. The van der Waals surface area contributed by atoms with Gasteiger partial charge in [-0.1, -0.05) is 44.0 Å². The summed E-state index contributed by atoms with van der Waals surface area (Å²) in [4.78, 5) is 46.0. The number of pyridine rings is 1. The van der Waals surface area contributed by atoms with Crippen LogP contribution in [0.3, 0.4) is 0 Å². The van der Waals surface area contributed by atoms with Crippen LogP contribution in [0.5, 0.6) is 0 Å². The molecule has 0 bridgehead atoms. The topological polar surface area (TPSA) is 76.6 Å². The van der Waals surface area contributed by atoms with Crippen LogP contribution in [0.15, 0.2) is 42.5 Å². The fraction of sp³-hybridized carbons (Fsp3) is 0.222. The van der Waals surface area contributed by atoms with Gasteiger partial charge in [-0.05, 0) is 24.3 Å². The van der Waals surface area contributed by atoms with E-state index in [4.69, 9.17) is 4.84 Å². The second-order valence-corrected chi connectivity index (χ2v) is 6.49. The molecule has 0 saturated heterocycles. The van der Waals surface area contributed by atoms with Gasteiger partial charge in [-0.2, -0.15) is 0 Å². The number of nitrogens with zero attached hydrogens (tertiary/aromatic N) is 2. The van der Waals surface area contributed by atoms with Gasteiger partial charge in [0.15, 0.2) is 5.69 Å². The number of benzene rings is 1. The van der Waals surface area contributed by atoms with E-state index in [1.807, 2.05) is 20.8 Å². The van der Waals surface area contributed by atoms with E-state index in [1.54, 1.807) is 24.3 Å². The van der Waals surface area contributed by atoms with Crippen molar-refractivity contribution in [2.45, 2.75) is 26.2 Å². The van der Waals surface area contributed by atoms with Gasteiger partial charge in [0.2, 0.25) is 0 Å². The third-order valence-corrected chi connectivity index (χ3v) is 3.66. The van der Waals surface area contributed by atoms with Crippen LogP contribution in [0, 0.1) is 0 Å². The van der Waals surface area contributed by atoms with Crippen LogP contribution in [-0.4, -0.2) is 27.8 Å². The van der Waals surface area contributed by atoms with E-state index >= 15 is 0 Å². The highest BCUT2D eigenvalue weighted by molar-refractivity contribution is 6.21. The smallest absolute Gasteiger partial charge is 0.323 e. The highest BCUT2D eigenvalue weighted by atomic mass is 16.7. The molecule has 6 nitrogen and oxygen atoms in total. The van der Waals surface area contributed by atoms with E-state index in [1.165, 1.54) is 18.2 Å². The van der Waals surface area contributed by atoms with Gasteiger partial charge in [0, 0.05) is 11.1 Å². The van der Waals surface area contributed by atoms with E-state index in [0.717, 1.165) is 0 Å². The molecule has 0 saturated carbocycles. The Kier molecular flexibility index (Phi) is 3.67. The monoisotopic (exact) mass is 324 g/mol. The zero-order valence-electron chi connectivity index (χ0n) is 13.6. The van der Waals surface area contributed by atoms with Gasteiger partial charge >= 0.3 is 5.97 Å². The van der Waals surface area contributed by atoms with Crippen LogP contribution in [0.4, 0.5) is 0 Å². The first-order valence-electron chi connectivity index (χ1n) is 7.46. The predicted octanol–water partition coefficient (Wildman–Crippen LogP) is 2.75. The van der Waals surface area contributed by atoms with Crippen molar-refractivity contribution in [1.82, 2.24) is 10.0 Å². The van der Waals surface area contributed by atoms with Crippen molar-refractivity contribution in [3.63, 3.8) is 0 Å². The molecule has 122 valence electrons. The number of hydrogen-bond acceptors (Lipinski definition) is 5. The summed E-state index contributed by atoms with van der Waals surface area (Å²) >= 11 is 0. The number of carbonyl (C=O) groups excluding carboxylic acids is 3. The predicted molar refractivity (Wildman–Crippen MR) is 85.3 cm³/mol. The third-order valence-electron chi connectivity index (χ3n) is 3.66. The quantitative estimate of drug-likeness (QED) is 0.794. The fourth-order valence-electron chi connectivity index (χ4n) is 2.35. The minimum absolute atomic E-state index is 0.0407. The summed E-state index contributed by atoms with van der Waals surface area (Å²) in [7, 11) is 0. The summed E-state index contributed by atoms with van der Waals surface area (Å²) in [6.07, 6.45) is 0. The maximum absolute atomic E-state index is 12.3. The average molecular weight is 324 g/mol. The van der Waals surface area contributed by atoms with Crippen molar-refractivity contribution in [2.24, 2.45) is 0 Å². The second kappa shape index (κ2) is 5.56. The molecule has 0 N–H and O–H groups in total. The molecule has 1 aliphatic heterocycles. The lowest BCUT2D eigenvalue weighted by atomic mass is 9.91. The molecule has 0 spiro atoms. The molecule has 24 heavy (non-hydrogen) atoms. The van der Waals surface area contributed by atoms with E-state index in [2.05, 4.69) is 4.98 Å². The fourth-order valence-corrected chi connectivity index (χ4v) is 2.35. The van der Waals surface area contributed by atoms with Crippen LogP contribution >= 0.6 is 0 Å². The van der Waals surface area contributed by atoms with Crippen LogP contribution < -0.4 is 0 Å². The van der Waals surface area contributed by atoms with Gasteiger partial charge in [0.25, 0.3) is 11.8 Å². The minimum atomic E-state index is -0.851. The van der Waals surface area contributed by atoms with Crippen LogP contribution in [0.25, 0.3) is 0 Å². The third kappa shape index (κ3) is 2.67. The van der Waals surface area contributed by atoms with Crippen molar-refractivity contribution < 1.29 is 19.2 Å². The van der Waals surface area contributed by atoms with Crippen molar-refractivity contribution >= 4 is 17.8 Å². The molecule has 2 heterocycles. The van der Waals surface area contributed by atoms with E-state index < -0.39 is 17.8 Å². The molecule has 0 fully saturated rings. The molecule has 0 atom stereocenters. The normalized spacial score (nSPS) is 13.9. The zero-order chi connectivity index (χ0) is 17.5. The largest absolute Gasteiger partial charge is 0.382 e. The average Bonchev–Trinajstić information content (AvgIpc) is 2.80. The van der Waals surface area contributed by atoms with Gasteiger partial charge in [-0.15, -0.1) is 0 Å². The van der Waals surface area contributed by atoms with E-state index in [0.29, 0.717) is 10.8 Å². The molecule has 0 radical (unpaired) electrons. The molecule has 1 aromatic carbocycles. The molecule has 2 aromatic rings. The molecule has 1 aromatic heterocycles. The summed E-state index contributed by atoms with van der Waals surface area (Å²) in [5, 5.41) is 0.485. The van der Waals surface area contributed by atoms with E-state index in [-0.39, 0.29) is 22.2 Å². The van der Waals surface area contributed by atoms with Crippen molar-refractivity contribution in [3.8, 4) is 0 Å². The van der Waals surface area contributed by atoms with Gasteiger partial charge in [-0.3, -0.25) is 9.59 Å². The summed E-state index contributed by atoms with van der Waals surface area (Å²) in [6.45, 7) is 5.90. The van der Waals surface area contributed by atoms with E-state index in [9.17, 15) is 14.4 Å². The van der Waals surface area contributed by atoms with Crippen LogP contribution in [-0.2, 0) is 10.3 Å². The number of aromatic nitrogens is 1. The highest BCUT2D eigenvalue weighted by Gasteiger charge is 2.39. The standard InChI is InChI=1S/C18H16N2O4/c1-18(2,3)14-10-6-9-13(19-14)17(23)24-20-15(21)11-7-4-5-8-12(11)16(20)22/h4-10H,1-3H3. The first-order chi connectivity index (χ1) is 11.3. The Hall–Kier alpha value is -3.02. The SMILES string of the molecule is CC(C)(C)c1cccc(C(=O)ON2C(=O)c3ccccc3C2=O)n1. The molecule has 6 heteroatoms. The summed E-state index contributed by atoms with van der Waals surface area (Å²) in [5.41, 5.74) is 0.933. The molecule has 0 aliphatic carbocycles. The number of rotatable bonds is 2.